The minimum absolute atomic E-state index is 0.128. The van der Waals surface area contributed by atoms with Crippen LogP contribution in [0.4, 0.5) is 4.39 Å². The van der Waals surface area contributed by atoms with Gasteiger partial charge in [0.25, 0.3) is 0 Å². The Morgan fingerprint density at radius 3 is 2.59 bits per heavy atom. The second kappa shape index (κ2) is 5.43. The van der Waals surface area contributed by atoms with E-state index in [0.29, 0.717) is 12.1 Å². The Balaban J connectivity index is 1.90. The van der Waals surface area contributed by atoms with Gasteiger partial charge in [-0.2, -0.15) is 0 Å². The van der Waals surface area contributed by atoms with Crippen molar-refractivity contribution in [2.75, 3.05) is 0 Å². The third-order valence-electron chi connectivity index (χ3n) is 2.82. The van der Waals surface area contributed by atoms with Gasteiger partial charge in [0.2, 0.25) is 0 Å². The predicted molar refractivity (Wildman–Crippen MR) is 70.7 cm³/mol. The van der Waals surface area contributed by atoms with Crippen LogP contribution in [0.1, 0.15) is 21.6 Å². The summed E-state index contributed by atoms with van der Waals surface area (Å²) in [6.07, 6.45) is 0. The van der Waals surface area contributed by atoms with Crippen molar-refractivity contribution in [2.45, 2.75) is 26.9 Å². The van der Waals surface area contributed by atoms with Crippen LogP contribution in [0.25, 0.3) is 0 Å². The largest absolute Gasteiger partial charge is 0.308 e. The van der Waals surface area contributed by atoms with Crippen molar-refractivity contribution in [1.29, 1.82) is 0 Å². The molecule has 0 unspecified atom stereocenters. The molecule has 1 aromatic heterocycles. The van der Waals surface area contributed by atoms with Crippen LogP contribution in [0, 0.1) is 19.7 Å². The molecule has 0 saturated heterocycles. The Hall–Kier alpha value is -1.19. The highest BCUT2D eigenvalue weighted by molar-refractivity contribution is 7.10. The lowest BCUT2D eigenvalue weighted by molar-refractivity contribution is 0.611. The lowest BCUT2D eigenvalue weighted by Gasteiger charge is -2.05. The highest BCUT2D eigenvalue weighted by Crippen LogP contribution is 2.15. The van der Waals surface area contributed by atoms with E-state index in [-0.39, 0.29) is 5.82 Å². The maximum absolute atomic E-state index is 13.3. The molecule has 0 fully saturated rings. The van der Waals surface area contributed by atoms with Crippen molar-refractivity contribution in [1.82, 2.24) is 5.32 Å². The van der Waals surface area contributed by atoms with Gasteiger partial charge in [0.15, 0.2) is 0 Å². The number of rotatable bonds is 4. The Kier molecular flexibility index (Phi) is 3.92. The van der Waals surface area contributed by atoms with Gasteiger partial charge in [-0.05, 0) is 48.1 Å². The lowest BCUT2D eigenvalue weighted by atomic mass is 10.1. The van der Waals surface area contributed by atoms with Gasteiger partial charge >= 0.3 is 0 Å². The minimum atomic E-state index is -0.128. The predicted octanol–water partition coefficient (Wildman–Crippen LogP) is 3.79. The third-order valence-corrected chi connectivity index (χ3v) is 3.84. The molecule has 90 valence electrons. The van der Waals surface area contributed by atoms with Crippen molar-refractivity contribution in [2.24, 2.45) is 0 Å². The fourth-order valence-corrected chi connectivity index (χ4v) is 2.53. The first-order valence-electron chi connectivity index (χ1n) is 5.65. The lowest BCUT2D eigenvalue weighted by Crippen LogP contribution is -2.12. The van der Waals surface area contributed by atoms with Crippen molar-refractivity contribution < 1.29 is 4.39 Å². The summed E-state index contributed by atoms with van der Waals surface area (Å²) in [5.74, 6) is -0.128. The molecule has 17 heavy (non-hydrogen) atoms. The molecule has 0 bridgehead atoms. The quantitative estimate of drug-likeness (QED) is 0.869. The molecule has 1 heterocycles. The van der Waals surface area contributed by atoms with Crippen LogP contribution in [0.15, 0.2) is 29.6 Å². The second-order valence-corrected chi connectivity index (χ2v) is 5.21. The molecule has 0 aliphatic carbocycles. The molecule has 2 rings (SSSR count). The van der Waals surface area contributed by atoms with E-state index in [1.807, 2.05) is 12.1 Å². The van der Waals surface area contributed by atoms with Gasteiger partial charge in [0.05, 0.1) is 0 Å². The summed E-state index contributed by atoms with van der Waals surface area (Å²) >= 11 is 1.75. The van der Waals surface area contributed by atoms with Gasteiger partial charge in [-0.1, -0.05) is 12.1 Å². The van der Waals surface area contributed by atoms with E-state index in [4.69, 9.17) is 0 Å². The van der Waals surface area contributed by atoms with Crippen LogP contribution in [0.5, 0.6) is 0 Å². The molecule has 0 aliphatic rings. The average molecular weight is 249 g/mol. The molecular weight excluding hydrogens is 233 g/mol. The van der Waals surface area contributed by atoms with Crippen molar-refractivity contribution in [3.63, 3.8) is 0 Å². The summed E-state index contributed by atoms with van der Waals surface area (Å²) in [7, 11) is 0. The topological polar surface area (TPSA) is 12.0 Å². The normalized spacial score (nSPS) is 10.8. The van der Waals surface area contributed by atoms with Crippen LogP contribution < -0.4 is 5.32 Å². The number of benzene rings is 1. The average Bonchev–Trinajstić information content (AvgIpc) is 2.70. The minimum Gasteiger partial charge on any atom is -0.308 e. The van der Waals surface area contributed by atoms with Gasteiger partial charge in [-0.15, -0.1) is 11.3 Å². The maximum Gasteiger partial charge on any atom is 0.126 e. The molecule has 3 heteroatoms. The highest BCUT2D eigenvalue weighted by Gasteiger charge is 2.01. The maximum atomic E-state index is 13.3. The van der Waals surface area contributed by atoms with Crippen LogP contribution >= 0.6 is 11.3 Å². The van der Waals surface area contributed by atoms with E-state index in [9.17, 15) is 4.39 Å². The number of aryl methyl sites for hydroxylation is 2. The highest BCUT2D eigenvalue weighted by atomic mass is 32.1. The van der Waals surface area contributed by atoms with Crippen molar-refractivity contribution in [3.8, 4) is 0 Å². The number of thiophene rings is 1. The number of nitrogens with one attached hydrogen (secondary N) is 1. The van der Waals surface area contributed by atoms with Gasteiger partial charge in [0, 0.05) is 18.0 Å². The molecule has 1 aromatic carbocycles. The van der Waals surface area contributed by atoms with Crippen molar-refractivity contribution >= 4 is 11.3 Å². The molecule has 1 N–H and O–H groups in total. The summed E-state index contributed by atoms with van der Waals surface area (Å²) < 4.78 is 13.3. The Morgan fingerprint density at radius 2 is 1.94 bits per heavy atom. The summed E-state index contributed by atoms with van der Waals surface area (Å²) in [5, 5.41) is 5.43. The summed E-state index contributed by atoms with van der Waals surface area (Å²) in [6.45, 7) is 5.44. The zero-order chi connectivity index (χ0) is 12.3. The van der Waals surface area contributed by atoms with E-state index in [1.165, 1.54) is 10.4 Å². The number of hydrogen-bond donors (Lipinski definition) is 1. The van der Waals surface area contributed by atoms with Crippen molar-refractivity contribution in [3.05, 3.63) is 57.0 Å². The Morgan fingerprint density at radius 1 is 1.12 bits per heavy atom. The zero-order valence-electron chi connectivity index (χ0n) is 10.1. The summed E-state index contributed by atoms with van der Waals surface area (Å²) in [4.78, 5) is 1.34. The number of hydrogen-bond acceptors (Lipinski definition) is 2. The smallest absolute Gasteiger partial charge is 0.126 e. The molecule has 2 aromatic rings. The number of halogens is 1. The molecule has 0 radical (unpaired) electrons. The van der Waals surface area contributed by atoms with E-state index < -0.39 is 0 Å². The van der Waals surface area contributed by atoms with Gasteiger partial charge in [0.1, 0.15) is 5.82 Å². The van der Waals surface area contributed by atoms with Gasteiger partial charge in [-0.3, -0.25) is 0 Å². The van der Waals surface area contributed by atoms with E-state index >= 15 is 0 Å². The molecular formula is C14H16FNS. The molecule has 0 atom stereocenters. The standard InChI is InChI=1S/C14H16FNS/c1-10-3-4-12(7-13(10)15)8-16-9-14-11(2)5-6-17-14/h3-7,16H,8-9H2,1-2H3. The molecule has 0 amide bonds. The van der Waals surface area contributed by atoms with Crippen LogP contribution in [0.2, 0.25) is 0 Å². The van der Waals surface area contributed by atoms with E-state index in [2.05, 4.69) is 23.7 Å². The molecule has 1 nitrogen and oxygen atoms in total. The fraction of sp³-hybridized carbons (Fsp3) is 0.286. The van der Waals surface area contributed by atoms with Gasteiger partial charge in [-0.25, -0.2) is 4.39 Å². The first-order valence-corrected chi connectivity index (χ1v) is 6.53. The SMILES string of the molecule is Cc1ccc(CNCc2sccc2C)cc1F. The van der Waals surface area contributed by atoms with Crippen LogP contribution in [-0.2, 0) is 13.1 Å². The Bertz CT molecular complexity index is 505. The molecule has 0 aliphatic heterocycles. The zero-order valence-corrected chi connectivity index (χ0v) is 10.9. The van der Waals surface area contributed by atoms with E-state index in [0.717, 1.165) is 12.1 Å². The third kappa shape index (κ3) is 3.14. The Labute approximate surface area is 105 Å². The van der Waals surface area contributed by atoms with E-state index in [1.54, 1.807) is 24.3 Å². The molecule has 0 spiro atoms. The van der Waals surface area contributed by atoms with Crippen LogP contribution in [0.3, 0.4) is 0 Å². The molecule has 0 saturated carbocycles. The summed E-state index contributed by atoms with van der Waals surface area (Å²) in [6, 6.07) is 7.51. The summed E-state index contributed by atoms with van der Waals surface area (Å²) in [5.41, 5.74) is 3.00. The first kappa shape index (κ1) is 12.3. The van der Waals surface area contributed by atoms with Crippen LogP contribution in [-0.4, -0.2) is 0 Å². The monoisotopic (exact) mass is 249 g/mol. The van der Waals surface area contributed by atoms with Gasteiger partial charge < -0.3 is 5.32 Å². The first-order chi connectivity index (χ1) is 8.16. The fourth-order valence-electron chi connectivity index (χ4n) is 1.65. The second-order valence-electron chi connectivity index (χ2n) is 4.21.